The summed E-state index contributed by atoms with van der Waals surface area (Å²) in [6.07, 6.45) is 3.35. The Labute approximate surface area is 314 Å². The van der Waals surface area contributed by atoms with Gasteiger partial charge in [-0.1, -0.05) is 29.8 Å². The van der Waals surface area contributed by atoms with E-state index in [1.807, 2.05) is 31.2 Å². The molecular formula is C39H46ClN7O6. The number of anilines is 1. The minimum atomic E-state index is -0.706. The molecule has 0 bridgehead atoms. The highest BCUT2D eigenvalue weighted by Crippen LogP contribution is 2.38. The summed E-state index contributed by atoms with van der Waals surface area (Å²) in [6, 6.07) is 14.2. The van der Waals surface area contributed by atoms with Crippen LogP contribution in [-0.4, -0.2) is 80.8 Å². The second-order valence-corrected chi connectivity index (χ2v) is 14.4. The molecule has 1 fully saturated rings. The van der Waals surface area contributed by atoms with Crippen molar-refractivity contribution in [1.29, 1.82) is 0 Å². The number of aliphatic hydroxyl groups excluding tert-OH is 1. The highest BCUT2D eigenvalue weighted by Gasteiger charge is 2.29. The van der Waals surface area contributed by atoms with Gasteiger partial charge >= 0.3 is 6.09 Å². The van der Waals surface area contributed by atoms with Gasteiger partial charge in [0.05, 0.1) is 36.2 Å². The van der Waals surface area contributed by atoms with Gasteiger partial charge in [0.25, 0.3) is 5.91 Å². The maximum absolute atomic E-state index is 13.3. The maximum atomic E-state index is 13.3. The third-order valence-corrected chi connectivity index (χ3v) is 8.88. The molecule has 0 aliphatic carbocycles. The van der Waals surface area contributed by atoms with Crippen LogP contribution in [-0.2, 0) is 22.6 Å². The number of ether oxygens (including phenoxy) is 2. The molecule has 3 aromatic heterocycles. The monoisotopic (exact) mass is 743 g/mol. The van der Waals surface area contributed by atoms with E-state index in [1.54, 1.807) is 69.3 Å². The molecule has 3 amide bonds. The molecule has 0 unspecified atom stereocenters. The van der Waals surface area contributed by atoms with Gasteiger partial charge in [0.15, 0.2) is 0 Å². The number of aromatic nitrogens is 3. The van der Waals surface area contributed by atoms with E-state index >= 15 is 0 Å². The molecule has 1 saturated heterocycles. The number of pyridine rings is 3. The second-order valence-electron chi connectivity index (χ2n) is 14.0. The van der Waals surface area contributed by atoms with E-state index in [9.17, 15) is 19.5 Å². The fourth-order valence-electron chi connectivity index (χ4n) is 5.86. The third kappa shape index (κ3) is 10.3. The van der Waals surface area contributed by atoms with Crippen LogP contribution in [0.5, 0.6) is 5.88 Å². The molecular weight excluding hydrogens is 698 g/mol. The van der Waals surface area contributed by atoms with Gasteiger partial charge in [-0.2, -0.15) is 0 Å². The summed E-state index contributed by atoms with van der Waals surface area (Å²) in [7, 11) is 1.51. The number of amides is 3. The number of nitrogens with zero attached hydrogens (tertiary/aromatic N) is 4. The van der Waals surface area contributed by atoms with E-state index in [2.05, 4.69) is 25.9 Å². The number of carbonyl (C=O) groups excluding carboxylic acids is 3. The lowest BCUT2D eigenvalue weighted by atomic mass is 10.0. The summed E-state index contributed by atoms with van der Waals surface area (Å²) in [5.74, 6) is -0.100. The number of methoxy groups -OCH3 is 1. The van der Waals surface area contributed by atoms with Crippen LogP contribution in [0.1, 0.15) is 67.7 Å². The molecule has 13 nitrogen and oxygen atoms in total. The third-order valence-electron chi connectivity index (χ3n) is 8.50. The lowest BCUT2D eigenvalue weighted by Crippen LogP contribution is -2.43. The first kappa shape index (κ1) is 39.1. The van der Waals surface area contributed by atoms with Crippen molar-refractivity contribution in [3.05, 3.63) is 88.3 Å². The zero-order chi connectivity index (χ0) is 38.3. The molecule has 0 spiro atoms. The van der Waals surface area contributed by atoms with Crippen molar-refractivity contribution in [3.63, 3.8) is 0 Å². The fourth-order valence-corrected chi connectivity index (χ4v) is 6.17. The van der Waals surface area contributed by atoms with E-state index < -0.39 is 17.8 Å². The molecule has 1 aliphatic rings. The van der Waals surface area contributed by atoms with Crippen LogP contribution in [0.15, 0.2) is 60.9 Å². The average molecular weight is 744 g/mol. The van der Waals surface area contributed by atoms with Gasteiger partial charge in [0.1, 0.15) is 11.3 Å². The predicted molar refractivity (Wildman–Crippen MR) is 203 cm³/mol. The molecule has 53 heavy (non-hydrogen) atoms. The minimum absolute atomic E-state index is 0.0408. The van der Waals surface area contributed by atoms with Crippen LogP contribution in [0.25, 0.3) is 22.5 Å². The number of hydrogen-bond acceptors (Lipinski definition) is 10. The first-order valence-electron chi connectivity index (χ1n) is 17.4. The Bertz CT molecular complexity index is 1950. The fraction of sp³-hybridized carbons (Fsp3) is 0.385. The number of nitrogens with one attached hydrogen (secondary N) is 3. The molecule has 4 aromatic rings. The summed E-state index contributed by atoms with van der Waals surface area (Å²) in [6.45, 7) is 10.4. The highest BCUT2D eigenvalue weighted by molar-refractivity contribution is 6.35. The van der Waals surface area contributed by atoms with E-state index in [0.717, 1.165) is 16.7 Å². The second kappa shape index (κ2) is 17.1. The predicted octanol–water partition coefficient (Wildman–Crippen LogP) is 5.91. The van der Waals surface area contributed by atoms with Crippen LogP contribution in [0.2, 0.25) is 5.02 Å². The Morgan fingerprint density at radius 1 is 1.11 bits per heavy atom. The van der Waals surface area contributed by atoms with Crippen molar-refractivity contribution in [3.8, 4) is 28.4 Å². The van der Waals surface area contributed by atoms with Crippen molar-refractivity contribution in [2.24, 2.45) is 0 Å². The van der Waals surface area contributed by atoms with Crippen molar-refractivity contribution >= 4 is 35.2 Å². The summed E-state index contributed by atoms with van der Waals surface area (Å²) in [4.78, 5) is 53.5. The summed E-state index contributed by atoms with van der Waals surface area (Å²) in [5.41, 5.74) is 4.79. The minimum Gasteiger partial charge on any atom is -0.481 e. The van der Waals surface area contributed by atoms with Gasteiger partial charge < -0.3 is 35.4 Å². The van der Waals surface area contributed by atoms with Crippen LogP contribution in [0.4, 0.5) is 10.5 Å². The van der Waals surface area contributed by atoms with Gasteiger partial charge in [-0.25, -0.2) is 9.78 Å². The van der Waals surface area contributed by atoms with E-state index in [-0.39, 0.29) is 36.6 Å². The molecule has 4 N–H and O–H groups in total. The standard InChI is InChI=1S/C39H46ClN7O6/c1-23(48)18-41-19-25-10-13-32(43-20-25)36(50)45-30-9-7-8-28(24(30)2)35-34(40)29(16-17-42-35)31-14-11-26(37(46-31)52-6)21-47(38(51)53-39(3,4)5)22-27-12-15-33(49)44-27/h7-11,13-14,16-17,20,23,27,41,48H,12,15,18-19,21-22H2,1-6H3,(H,44,49)(H,45,50)/t23-,27+/m1/s1. The number of benzene rings is 1. The van der Waals surface area contributed by atoms with Crippen molar-refractivity contribution in [1.82, 2.24) is 30.5 Å². The van der Waals surface area contributed by atoms with E-state index in [4.69, 9.17) is 26.1 Å². The van der Waals surface area contributed by atoms with Gasteiger partial charge in [-0.05, 0) is 82.5 Å². The Morgan fingerprint density at radius 3 is 2.57 bits per heavy atom. The Kier molecular flexibility index (Phi) is 12.7. The quantitative estimate of drug-likeness (QED) is 0.129. The maximum Gasteiger partial charge on any atom is 0.410 e. The zero-order valence-corrected chi connectivity index (χ0v) is 31.6. The number of hydrogen-bond donors (Lipinski definition) is 4. The zero-order valence-electron chi connectivity index (χ0n) is 30.8. The SMILES string of the molecule is COc1nc(-c2ccnc(-c3cccc(NC(=O)c4ccc(CNC[C@@H](C)O)cn4)c3C)c2Cl)ccc1CN(C[C@@H]1CCC(=O)N1)C(=O)OC(C)(C)C. The number of carbonyl (C=O) groups is 3. The first-order valence-corrected chi connectivity index (χ1v) is 17.8. The molecule has 2 atom stereocenters. The summed E-state index contributed by atoms with van der Waals surface area (Å²) >= 11 is 7.04. The Morgan fingerprint density at radius 2 is 1.91 bits per heavy atom. The number of rotatable bonds is 13. The van der Waals surface area contributed by atoms with Crippen LogP contribution in [0, 0.1) is 6.92 Å². The smallest absolute Gasteiger partial charge is 0.410 e. The van der Waals surface area contributed by atoms with Crippen LogP contribution in [0.3, 0.4) is 0 Å². The highest BCUT2D eigenvalue weighted by atomic mass is 35.5. The Hall–Kier alpha value is -5.11. The number of aliphatic hydroxyl groups is 1. The van der Waals surface area contributed by atoms with Crippen molar-refractivity contribution in [2.45, 2.75) is 78.3 Å². The summed E-state index contributed by atoms with van der Waals surface area (Å²) < 4.78 is 11.4. The normalized spacial score (nSPS) is 14.7. The number of halogens is 1. The summed E-state index contributed by atoms with van der Waals surface area (Å²) in [5, 5.41) is 18.8. The van der Waals surface area contributed by atoms with Crippen molar-refractivity contribution in [2.75, 3.05) is 25.5 Å². The van der Waals surface area contributed by atoms with Crippen molar-refractivity contribution < 1.29 is 29.0 Å². The molecule has 1 aliphatic heterocycles. The van der Waals surface area contributed by atoms with E-state index in [0.29, 0.717) is 65.0 Å². The average Bonchev–Trinajstić information content (AvgIpc) is 3.52. The Balaban J connectivity index is 1.36. The lowest BCUT2D eigenvalue weighted by Gasteiger charge is -2.29. The molecule has 4 heterocycles. The first-order chi connectivity index (χ1) is 25.2. The van der Waals surface area contributed by atoms with E-state index in [1.165, 1.54) is 7.11 Å². The molecule has 5 rings (SSSR count). The van der Waals surface area contributed by atoms with Crippen LogP contribution < -0.4 is 20.7 Å². The topological polar surface area (TPSA) is 168 Å². The molecule has 280 valence electrons. The molecule has 14 heteroatoms. The lowest BCUT2D eigenvalue weighted by molar-refractivity contribution is -0.119. The largest absolute Gasteiger partial charge is 0.481 e. The van der Waals surface area contributed by atoms with Gasteiger partial charge in [-0.3, -0.25) is 19.6 Å². The van der Waals surface area contributed by atoms with Gasteiger partial charge in [0.2, 0.25) is 11.8 Å². The molecule has 1 aromatic carbocycles. The molecule has 0 saturated carbocycles. The van der Waals surface area contributed by atoms with Crippen LogP contribution >= 0.6 is 11.6 Å². The van der Waals surface area contributed by atoms with Gasteiger partial charge in [0, 0.05) is 66.9 Å². The van der Waals surface area contributed by atoms with Gasteiger partial charge in [-0.15, -0.1) is 0 Å². The molecule has 0 radical (unpaired) electrons.